The fourth-order valence-corrected chi connectivity index (χ4v) is 2.01. The van der Waals surface area contributed by atoms with E-state index in [0.717, 1.165) is 19.3 Å². The Kier molecular flexibility index (Phi) is 10.2. The molecule has 0 aromatic rings. The van der Waals surface area contributed by atoms with Crippen LogP contribution in [-0.4, -0.2) is 11.2 Å². The molecule has 100 valence electrons. The van der Waals surface area contributed by atoms with Gasteiger partial charge in [0.15, 0.2) is 0 Å². The quantitative estimate of drug-likeness (QED) is 0.425. The first kappa shape index (κ1) is 16.4. The standard InChI is InChI=1S/C16H30O/c1-5-7-8-9-10-11-15(6-2)13-16(17)12-14(3)4/h6,11,14,16-17H,2,5,7-10,12-13H2,1,3-4H3/b15-11+. The number of hydrogen-bond acceptors (Lipinski definition) is 1. The van der Waals surface area contributed by atoms with E-state index in [1.54, 1.807) is 0 Å². The van der Waals surface area contributed by atoms with Crippen molar-refractivity contribution < 1.29 is 5.11 Å². The lowest BCUT2D eigenvalue weighted by molar-refractivity contribution is 0.150. The minimum absolute atomic E-state index is 0.213. The van der Waals surface area contributed by atoms with E-state index in [1.807, 2.05) is 6.08 Å². The van der Waals surface area contributed by atoms with E-state index in [9.17, 15) is 5.11 Å². The lowest BCUT2D eigenvalue weighted by Gasteiger charge is -2.13. The SMILES string of the molecule is C=C/C(=C\CCCCCC)CC(O)CC(C)C. The van der Waals surface area contributed by atoms with Crippen molar-refractivity contribution in [3.05, 3.63) is 24.3 Å². The second-order valence-electron chi connectivity index (χ2n) is 5.32. The molecule has 0 spiro atoms. The normalized spacial score (nSPS) is 14.1. The molecule has 0 aromatic carbocycles. The summed E-state index contributed by atoms with van der Waals surface area (Å²) in [7, 11) is 0. The zero-order valence-electron chi connectivity index (χ0n) is 11.9. The average molecular weight is 238 g/mol. The number of aliphatic hydroxyl groups excluding tert-OH is 1. The summed E-state index contributed by atoms with van der Waals surface area (Å²) in [5.41, 5.74) is 1.20. The van der Waals surface area contributed by atoms with Crippen LogP contribution in [0.1, 0.15) is 65.7 Å². The highest BCUT2D eigenvalue weighted by atomic mass is 16.3. The molecule has 0 saturated heterocycles. The van der Waals surface area contributed by atoms with Gasteiger partial charge >= 0.3 is 0 Å². The van der Waals surface area contributed by atoms with Crippen molar-refractivity contribution >= 4 is 0 Å². The molecule has 0 rings (SSSR count). The fourth-order valence-electron chi connectivity index (χ4n) is 2.01. The summed E-state index contributed by atoms with van der Waals surface area (Å²) in [5, 5.41) is 9.87. The molecule has 0 bridgehead atoms. The molecule has 17 heavy (non-hydrogen) atoms. The highest BCUT2D eigenvalue weighted by molar-refractivity contribution is 5.16. The van der Waals surface area contributed by atoms with E-state index in [-0.39, 0.29) is 6.10 Å². The van der Waals surface area contributed by atoms with Crippen molar-refractivity contribution in [2.24, 2.45) is 5.92 Å². The van der Waals surface area contributed by atoms with Gasteiger partial charge in [0.1, 0.15) is 0 Å². The van der Waals surface area contributed by atoms with Gasteiger partial charge in [-0.15, -0.1) is 0 Å². The van der Waals surface area contributed by atoms with Crippen molar-refractivity contribution in [1.82, 2.24) is 0 Å². The minimum atomic E-state index is -0.213. The van der Waals surface area contributed by atoms with Crippen LogP contribution in [-0.2, 0) is 0 Å². The Balaban J connectivity index is 3.88. The molecule has 0 saturated carbocycles. The van der Waals surface area contributed by atoms with E-state index in [2.05, 4.69) is 33.4 Å². The van der Waals surface area contributed by atoms with E-state index < -0.39 is 0 Å². The van der Waals surface area contributed by atoms with Gasteiger partial charge in [0.05, 0.1) is 6.10 Å². The van der Waals surface area contributed by atoms with E-state index in [4.69, 9.17) is 0 Å². The molecule has 0 aromatic heterocycles. The maximum Gasteiger partial charge on any atom is 0.0582 e. The van der Waals surface area contributed by atoms with Crippen LogP contribution in [0.25, 0.3) is 0 Å². The Morgan fingerprint density at radius 1 is 1.24 bits per heavy atom. The van der Waals surface area contributed by atoms with Crippen LogP contribution < -0.4 is 0 Å². The van der Waals surface area contributed by atoms with E-state index in [1.165, 1.54) is 31.3 Å². The number of allylic oxidation sites excluding steroid dienone is 2. The molecule has 0 radical (unpaired) electrons. The number of aliphatic hydroxyl groups is 1. The van der Waals surface area contributed by atoms with Gasteiger partial charge in [-0.1, -0.05) is 64.3 Å². The minimum Gasteiger partial charge on any atom is -0.393 e. The maximum absolute atomic E-state index is 9.87. The van der Waals surface area contributed by atoms with Crippen molar-refractivity contribution in [3.8, 4) is 0 Å². The average Bonchev–Trinajstić information content (AvgIpc) is 2.26. The van der Waals surface area contributed by atoms with Crippen LogP contribution in [0, 0.1) is 5.92 Å². The lowest BCUT2D eigenvalue weighted by Crippen LogP contribution is -2.10. The van der Waals surface area contributed by atoms with Gasteiger partial charge in [0.2, 0.25) is 0 Å². The zero-order chi connectivity index (χ0) is 13.1. The van der Waals surface area contributed by atoms with Crippen molar-refractivity contribution in [2.45, 2.75) is 71.8 Å². The Bertz CT molecular complexity index is 216. The Labute approximate surface area is 108 Å². The zero-order valence-corrected chi connectivity index (χ0v) is 11.9. The first-order valence-electron chi connectivity index (χ1n) is 7.09. The summed E-state index contributed by atoms with van der Waals surface area (Å²) in [6.45, 7) is 10.3. The molecule has 1 N–H and O–H groups in total. The van der Waals surface area contributed by atoms with Gasteiger partial charge in [0, 0.05) is 0 Å². The number of unbranched alkanes of at least 4 members (excludes halogenated alkanes) is 4. The fraction of sp³-hybridized carbons (Fsp3) is 0.750. The Hall–Kier alpha value is -0.560. The summed E-state index contributed by atoms with van der Waals surface area (Å²) in [5.74, 6) is 0.556. The summed E-state index contributed by atoms with van der Waals surface area (Å²) in [4.78, 5) is 0. The Morgan fingerprint density at radius 2 is 1.94 bits per heavy atom. The summed E-state index contributed by atoms with van der Waals surface area (Å²) < 4.78 is 0. The second kappa shape index (κ2) is 10.6. The highest BCUT2D eigenvalue weighted by Gasteiger charge is 2.07. The van der Waals surface area contributed by atoms with Gasteiger partial charge < -0.3 is 5.11 Å². The monoisotopic (exact) mass is 238 g/mol. The van der Waals surface area contributed by atoms with Gasteiger partial charge in [-0.25, -0.2) is 0 Å². The number of rotatable bonds is 10. The third kappa shape index (κ3) is 10.3. The summed E-state index contributed by atoms with van der Waals surface area (Å²) in [6.07, 6.45) is 11.9. The molecule has 0 heterocycles. The molecule has 0 amide bonds. The van der Waals surface area contributed by atoms with Gasteiger partial charge in [-0.2, -0.15) is 0 Å². The molecule has 1 heteroatoms. The Morgan fingerprint density at radius 3 is 2.47 bits per heavy atom. The van der Waals surface area contributed by atoms with Crippen LogP contribution in [0.3, 0.4) is 0 Å². The van der Waals surface area contributed by atoms with Crippen molar-refractivity contribution in [1.29, 1.82) is 0 Å². The third-order valence-electron chi connectivity index (χ3n) is 2.94. The first-order valence-corrected chi connectivity index (χ1v) is 7.09. The van der Waals surface area contributed by atoms with E-state index >= 15 is 0 Å². The van der Waals surface area contributed by atoms with Crippen LogP contribution >= 0.6 is 0 Å². The van der Waals surface area contributed by atoms with Crippen LogP contribution in [0.4, 0.5) is 0 Å². The van der Waals surface area contributed by atoms with Crippen molar-refractivity contribution in [2.75, 3.05) is 0 Å². The summed E-state index contributed by atoms with van der Waals surface area (Å²) in [6, 6.07) is 0. The van der Waals surface area contributed by atoms with Gasteiger partial charge in [0.25, 0.3) is 0 Å². The first-order chi connectivity index (χ1) is 8.10. The highest BCUT2D eigenvalue weighted by Crippen LogP contribution is 2.15. The van der Waals surface area contributed by atoms with Crippen LogP contribution in [0.2, 0.25) is 0 Å². The topological polar surface area (TPSA) is 20.2 Å². The van der Waals surface area contributed by atoms with E-state index in [0.29, 0.717) is 5.92 Å². The molecule has 0 aliphatic rings. The number of hydrogen-bond donors (Lipinski definition) is 1. The molecule has 0 aliphatic heterocycles. The molecular weight excluding hydrogens is 208 g/mol. The molecule has 1 unspecified atom stereocenters. The molecule has 1 atom stereocenters. The molecule has 0 aliphatic carbocycles. The third-order valence-corrected chi connectivity index (χ3v) is 2.94. The maximum atomic E-state index is 9.87. The molecule has 1 nitrogen and oxygen atoms in total. The van der Waals surface area contributed by atoms with Gasteiger partial charge in [-0.05, 0) is 31.6 Å². The van der Waals surface area contributed by atoms with Crippen LogP contribution in [0.5, 0.6) is 0 Å². The van der Waals surface area contributed by atoms with Crippen LogP contribution in [0.15, 0.2) is 24.3 Å². The molecule has 0 fully saturated rings. The second-order valence-corrected chi connectivity index (χ2v) is 5.32. The predicted octanol–water partition coefficient (Wildman–Crippen LogP) is 4.87. The van der Waals surface area contributed by atoms with Gasteiger partial charge in [-0.3, -0.25) is 0 Å². The lowest BCUT2D eigenvalue weighted by atomic mass is 9.98. The van der Waals surface area contributed by atoms with Crippen molar-refractivity contribution in [3.63, 3.8) is 0 Å². The predicted molar refractivity (Wildman–Crippen MR) is 77.1 cm³/mol. The summed E-state index contributed by atoms with van der Waals surface area (Å²) >= 11 is 0. The largest absolute Gasteiger partial charge is 0.393 e. The smallest absolute Gasteiger partial charge is 0.0582 e. The molecular formula is C16H30O.